The topological polar surface area (TPSA) is 107 Å². The van der Waals surface area contributed by atoms with Gasteiger partial charge in [-0.15, -0.1) is 5.10 Å². The maximum Gasteiger partial charge on any atom is 0.411 e. The van der Waals surface area contributed by atoms with Gasteiger partial charge in [-0.3, -0.25) is 10.1 Å². The van der Waals surface area contributed by atoms with E-state index in [9.17, 15) is 9.59 Å². The number of carbonyl (C=O) groups excluding carboxylic acids is 2. The molecule has 3 aromatic rings. The number of carbonyl (C=O) groups is 2. The zero-order chi connectivity index (χ0) is 19.1. The summed E-state index contributed by atoms with van der Waals surface area (Å²) in [4.78, 5) is 24.0. The second kappa shape index (κ2) is 8.77. The van der Waals surface area contributed by atoms with Crippen LogP contribution in [0.5, 0.6) is 0 Å². The predicted molar refractivity (Wildman–Crippen MR) is 99.4 cm³/mol. The molecule has 0 spiro atoms. The van der Waals surface area contributed by atoms with E-state index in [-0.39, 0.29) is 19.1 Å². The zero-order valence-electron chi connectivity index (χ0n) is 14.7. The Hall–Kier alpha value is -3.46. The first-order valence-electron chi connectivity index (χ1n) is 8.26. The van der Waals surface area contributed by atoms with Gasteiger partial charge in [0.2, 0.25) is 5.91 Å². The summed E-state index contributed by atoms with van der Waals surface area (Å²) in [6.45, 7) is 0.502. The van der Waals surface area contributed by atoms with Gasteiger partial charge in [0.25, 0.3) is 0 Å². The number of methoxy groups -OCH3 is 1. The number of anilines is 2. The third-order valence-electron chi connectivity index (χ3n) is 3.63. The molecule has 140 valence electrons. The van der Waals surface area contributed by atoms with Crippen molar-refractivity contribution in [3.05, 3.63) is 48.5 Å². The second-order valence-electron chi connectivity index (χ2n) is 5.62. The number of nitrogens with one attached hydrogen (secondary N) is 2. The molecule has 1 aromatic heterocycles. The number of fused-ring (bicyclic) bond motifs is 1. The SMILES string of the molecule is COCCOC(=O)Nc1cccc(NC(=O)Cn2nnc3ccccc32)c1. The molecule has 0 radical (unpaired) electrons. The van der Waals surface area contributed by atoms with E-state index in [1.807, 2.05) is 24.3 Å². The molecule has 0 atom stereocenters. The number of aromatic nitrogens is 3. The minimum Gasteiger partial charge on any atom is -0.447 e. The Balaban J connectivity index is 1.58. The Morgan fingerprint density at radius 1 is 1.04 bits per heavy atom. The highest BCUT2D eigenvalue weighted by Crippen LogP contribution is 2.16. The lowest BCUT2D eigenvalue weighted by atomic mass is 10.2. The van der Waals surface area contributed by atoms with E-state index in [4.69, 9.17) is 9.47 Å². The number of hydrogen-bond acceptors (Lipinski definition) is 6. The van der Waals surface area contributed by atoms with Gasteiger partial charge in [-0.2, -0.15) is 0 Å². The van der Waals surface area contributed by atoms with Crippen LogP contribution in [-0.2, 0) is 20.8 Å². The summed E-state index contributed by atoms with van der Waals surface area (Å²) in [6, 6.07) is 14.2. The summed E-state index contributed by atoms with van der Waals surface area (Å²) >= 11 is 0. The smallest absolute Gasteiger partial charge is 0.411 e. The average Bonchev–Trinajstić information content (AvgIpc) is 3.05. The van der Waals surface area contributed by atoms with Crippen LogP contribution in [0, 0.1) is 0 Å². The van der Waals surface area contributed by atoms with Gasteiger partial charge in [0, 0.05) is 18.5 Å². The van der Waals surface area contributed by atoms with Crippen LogP contribution in [0.15, 0.2) is 48.5 Å². The van der Waals surface area contributed by atoms with E-state index < -0.39 is 6.09 Å². The van der Waals surface area contributed by atoms with E-state index in [2.05, 4.69) is 20.9 Å². The van der Waals surface area contributed by atoms with Crippen LogP contribution in [0.25, 0.3) is 11.0 Å². The summed E-state index contributed by atoms with van der Waals surface area (Å²) in [5.41, 5.74) is 2.55. The molecule has 0 aliphatic rings. The van der Waals surface area contributed by atoms with Crippen LogP contribution >= 0.6 is 0 Å². The van der Waals surface area contributed by atoms with Gasteiger partial charge in [-0.25, -0.2) is 9.48 Å². The van der Waals surface area contributed by atoms with E-state index in [0.29, 0.717) is 18.0 Å². The molecule has 1 heterocycles. The van der Waals surface area contributed by atoms with Crippen LogP contribution in [0.3, 0.4) is 0 Å². The molecule has 27 heavy (non-hydrogen) atoms. The van der Waals surface area contributed by atoms with Gasteiger partial charge in [0.05, 0.1) is 12.1 Å². The van der Waals surface area contributed by atoms with Crippen molar-refractivity contribution in [2.45, 2.75) is 6.54 Å². The summed E-state index contributed by atoms with van der Waals surface area (Å²) in [5, 5.41) is 13.4. The first kappa shape index (κ1) is 18.3. The minimum atomic E-state index is -0.593. The lowest BCUT2D eigenvalue weighted by Gasteiger charge is -2.09. The predicted octanol–water partition coefficient (Wildman–Crippen LogP) is 2.26. The minimum absolute atomic E-state index is 0.0250. The molecule has 0 saturated heterocycles. The highest BCUT2D eigenvalue weighted by molar-refractivity contribution is 5.93. The molecule has 0 aliphatic heterocycles. The Kier molecular flexibility index (Phi) is 5.95. The number of amides is 2. The van der Waals surface area contributed by atoms with Crippen molar-refractivity contribution in [1.29, 1.82) is 0 Å². The fourth-order valence-electron chi connectivity index (χ4n) is 2.42. The van der Waals surface area contributed by atoms with E-state index >= 15 is 0 Å². The molecule has 2 aromatic carbocycles. The number of ether oxygens (including phenoxy) is 2. The van der Waals surface area contributed by atoms with Crippen molar-refractivity contribution in [1.82, 2.24) is 15.0 Å². The Bertz CT molecular complexity index is 940. The Morgan fingerprint density at radius 3 is 2.63 bits per heavy atom. The van der Waals surface area contributed by atoms with Crippen molar-refractivity contribution >= 4 is 34.4 Å². The molecule has 0 aliphatic carbocycles. The fourth-order valence-corrected chi connectivity index (χ4v) is 2.42. The first-order valence-corrected chi connectivity index (χ1v) is 8.26. The van der Waals surface area contributed by atoms with Gasteiger partial charge >= 0.3 is 6.09 Å². The fraction of sp³-hybridized carbons (Fsp3) is 0.222. The Morgan fingerprint density at radius 2 is 1.81 bits per heavy atom. The summed E-state index contributed by atoms with van der Waals surface area (Å²) in [7, 11) is 1.52. The monoisotopic (exact) mass is 369 g/mol. The van der Waals surface area contributed by atoms with Crippen molar-refractivity contribution in [2.75, 3.05) is 31.0 Å². The number of rotatable bonds is 7. The number of benzene rings is 2. The van der Waals surface area contributed by atoms with Crippen LogP contribution in [0.4, 0.5) is 16.2 Å². The maximum atomic E-state index is 12.3. The molecule has 0 bridgehead atoms. The standard InChI is InChI=1S/C18H19N5O4/c1-26-9-10-27-18(25)20-14-6-4-5-13(11-14)19-17(24)12-23-16-8-3-2-7-15(16)21-22-23/h2-8,11H,9-10,12H2,1H3,(H,19,24)(H,20,25). The number of para-hydroxylation sites is 1. The van der Waals surface area contributed by atoms with E-state index in [0.717, 1.165) is 11.0 Å². The first-order chi connectivity index (χ1) is 13.2. The second-order valence-corrected chi connectivity index (χ2v) is 5.62. The lowest BCUT2D eigenvalue weighted by molar-refractivity contribution is -0.116. The van der Waals surface area contributed by atoms with Crippen LogP contribution in [0.1, 0.15) is 0 Å². The van der Waals surface area contributed by atoms with E-state index in [1.165, 1.54) is 11.8 Å². The third-order valence-corrected chi connectivity index (χ3v) is 3.63. The molecular formula is C18H19N5O4. The highest BCUT2D eigenvalue weighted by Gasteiger charge is 2.10. The van der Waals surface area contributed by atoms with Gasteiger partial charge in [-0.05, 0) is 30.3 Å². The van der Waals surface area contributed by atoms with Crippen LogP contribution in [-0.4, -0.2) is 47.3 Å². The average molecular weight is 369 g/mol. The summed E-state index contributed by atoms with van der Waals surface area (Å²) in [6.07, 6.45) is -0.593. The summed E-state index contributed by atoms with van der Waals surface area (Å²) in [5.74, 6) is -0.259. The van der Waals surface area contributed by atoms with E-state index in [1.54, 1.807) is 24.3 Å². The number of nitrogens with zero attached hydrogens (tertiary/aromatic N) is 3. The molecule has 0 saturated carbocycles. The molecule has 9 nitrogen and oxygen atoms in total. The quantitative estimate of drug-likeness (QED) is 0.619. The van der Waals surface area contributed by atoms with Crippen molar-refractivity contribution < 1.29 is 19.1 Å². The third kappa shape index (κ3) is 5.02. The normalized spacial score (nSPS) is 10.6. The molecule has 0 unspecified atom stereocenters. The number of hydrogen-bond donors (Lipinski definition) is 2. The molecule has 9 heteroatoms. The Labute approximate surface area is 155 Å². The van der Waals surface area contributed by atoms with Crippen molar-refractivity contribution in [3.63, 3.8) is 0 Å². The van der Waals surface area contributed by atoms with Gasteiger partial charge in [-0.1, -0.05) is 23.4 Å². The van der Waals surface area contributed by atoms with Crippen LogP contribution in [0.2, 0.25) is 0 Å². The molecule has 0 fully saturated rings. The van der Waals surface area contributed by atoms with Crippen molar-refractivity contribution in [3.8, 4) is 0 Å². The largest absolute Gasteiger partial charge is 0.447 e. The van der Waals surface area contributed by atoms with Crippen molar-refractivity contribution in [2.24, 2.45) is 0 Å². The zero-order valence-corrected chi connectivity index (χ0v) is 14.7. The van der Waals surface area contributed by atoms with Crippen LogP contribution < -0.4 is 10.6 Å². The molecule has 3 rings (SSSR count). The van der Waals surface area contributed by atoms with Gasteiger partial charge < -0.3 is 14.8 Å². The maximum absolute atomic E-state index is 12.3. The van der Waals surface area contributed by atoms with Gasteiger partial charge in [0.15, 0.2) is 0 Å². The highest BCUT2D eigenvalue weighted by atomic mass is 16.6. The molecule has 2 N–H and O–H groups in total. The molecule has 2 amide bonds. The van der Waals surface area contributed by atoms with Gasteiger partial charge in [0.1, 0.15) is 18.7 Å². The lowest BCUT2D eigenvalue weighted by Crippen LogP contribution is -2.20. The molecular weight excluding hydrogens is 350 g/mol. The summed E-state index contributed by atoms with van der Waals surface area (Å²) < 4.78 is 11.3.